The number of ketones is 1. The Morgan fingerprint density at radius 2 is 1.93 bits per heavy atom. The maximum absolute atomic E-state index is 12.0. The molecule has 82 valence electrons. The van der Waals surface area contributed by atoms with Gasteiger partial charge in [0.05, 0.1) is 0 Å². The summed E-state index contributed by atoms with van der Waals surface area (Å²) in [6.07, 6.45) is 5.42. The lowest BCUT2D eigenvalue weighted by molar-refractivity contribution is -0.119. The standard InChI is InChI=1S/C11H20OS2/c1-3-5-7-11(10(12)4-2)13-8-6-9-14-11/h3-9H2,1-2H3. The van der Waals surface area contributed by atoms with Gasteiger partial charge in [-0.25, -0.2) is 0 Å². The fourth-order valence-electron chi connectivity index (χ4n) is 1.70. The van der Waals surface area contributed by atoms with Gasteiger partial charge in [0.1, 0.15) is 4.08 Å². The highest BCUT2D eigenvalue weighted by molar-refractivity contribution is 8.19. The van der Waals surface area contributed by atoms with Crippen LogP contribution in [0.5, 0.6) is 0 Å². The van der Waals surface area contributed by atoms with E-state index in [0.717, 1.165) is 6.42 Å². The van der Waals surface area contributed by atoms with Crippen molar-refractivity contribution >= 4 is 29.3 Å². The van der Waals surface area contributed by atoms with Crippen LogP contribution >= 0.6 is 23.5 Å². The molecule has 14 heavy (non-hydrogen) atoms. The van der Waals surface area contributed by atoms with Gasteiger partial charge in [0.25, 0.3) is 0 Å². The molecule has 0 radical (unpaired) electrons. The first kappa shape index (κ1) is 12.4. The van der Waals surface area contributed by atoms with Crippen LogP contribution in [0.1, 0.15) is 46.0 Å². The predicted octanol–water partition coefficient (Wildman–Crippen LogP) is 3.72. The predicted molar refractivity (Wildman–Crippen MR) is 67.1 cm³/mol. The van der Waals surface area contributed by atoms with Crippen molar-refractivity contribution in [2.45, 2.75) is 50.0 Å². The molecule has 0 N–H and O–H groups in total. The molecule has 1 heterocycles. The van der Waals surface area contributed by atoms with Crippen LogP contribution in [0.25, 0.3) is 0 Å². The summed E-state index contributed by atoms with van der Waals surface area (Å²) in [6.45, 7) is 4.19. The van der Waals surface area contributed by atoms with Crippen LogP contribution in [0.4, 0.5) is 0 Å². The lowest BCUT2D eigenvalue weighted by Gasteiger charge is -2.34. The highest BCUT2D eigenvalue weighted by Gasteiger charge is 2.38. The Balaban J connectivity index is 2.61. The van der Waals surface area contributed by atoms with E-state index < -0.39 is 0 Å². The van der Waals surface area contributed by atoms with Gasteiger partial charge >= 0.3 is 0 Å². The van der Waals surface area contributed by atoms with Crippen molar-refractivity contribution in [3.63, 3.8) is 0 Å². The Morgan fingerprint density at radius 3 is 2.43 bits per heavy atom. The lowest BCUT2D eigenvalue weighted by atomic mass is 10.1. The molecule has 1 fully saturated rings. The molecule has 1 aliphatic heterocycles. The van der Waals surface area contributed by atoms with E-state index in [1.54, 1.807) is 0 Å². The third kappa shape index (κ3) is 2.93. The van der Waals surface area contributed by atoms with E-state index in [-0.39, 0.29) is 4.08 Å². The molecule has 1 nitrogen and oxygen atoms in total. The summed E-state index contributed by atoms with van der Waals surface area (Å²) in [4.78, 5) is 12.0. The van der Waals surface area contributed by atoms with Gasteiger partial charge in [-0.15, -0.1) is 23.5 Å². The van der Waals surface area contributed by atoms with Crippen molar-refractivity contribution in [2.24, 2.45) is 0 Å². The minimum atomic E-state index is -0.0665. The molecule has 0 amide bonds. The second-order valence-electron chi connectivity index (χ2n) is 3.68. The van der Waals surface area contributed by atoms with Gasteiger partial charge in [-0.2, -0.15) is 0 Å². The van der Waals surface area contributed by atoms with Gasteiger partial charge in [0.2, 0.25) is 0 Å². The smallest absolute Gasteiger partial charge is 0.158 e. The van der Waals surface area contributed by atoms with Crippen LogP contribution in [-0.2, 0) is 4.79 Å². The van der Waals surface area contributed by atoms with E-state index in [1.165, 1.54) is 30.8 Å². The summed E-state index contributed by atoms with van der Waals surface area (Å²) in [6, 6.07) is 0. The van der Waals surface area contributed by atoms with E-state index in [4.69, 9.17) is 0 Å². The quantitative estimate of drug-likeness (QED) is 0.719. The Labute approximate surface area is 95.8 Å². The van der Waals surface area contributed by atoms with E-state index in [0.29, 0.717) is 12.2 Å². The minimum absolute atomic E-state index is 0.0665. The molecule has 0 saturated carbocycles. The van der Waals surface area contributed by atoms with Crippen LogP contribution in [-0.4, -0.2) is 21.4 Å². The summed E-state index contributed by atoms with van der Waals surface area (Å²) in [7, 11) is 0. The van der Waals surface area contributed by atoms with E-state index in [1.807, 2.05) is 30.4 Å². The normalized spacial score (nSPS) is 20.7. The van der Waals surface area contributed by atoms with Crippen molar-refractivity contribution in [3.05, 3.63) is 0 Å². The van der Waals surface area contributed by atoms with Crippen molar-refractivity contribution in [1.29, 1.82) is 0 Å². The van der Waals surface area contributed by atoms with Gasteiger partial charge in [0.15, 0.2) is 5.78 Å². The third-order valence-electron chi connectivity index (χ3n) is 2.56. The number of Topliss-reactive ketones (excluding diaryl/α,β-unsaturated/α-hetero) is 1. The summed E-state index contributed by atoms with van der Waals surface area (Å²) in [5.41, 5.74) is 0. The van der Waals surface area contributed by atoms with Crippen molar-refractivity contribution < 1.29 is 4.79 Å². The topological polar surface area (TPSA) is 17.1 Å². The first-order chi connectivity index (χ1) is 6.75. The highest BCUT2D eigenvalue weighted by atomic mass is 32.2. The summed E-state index contributed by atoms with van der Waals surface area (Å²) < 4.78 is -0.0665. The molecule has 0 spiro atoms. The highest BCUT2D eigenvalue weighted by Crippen LogP contribution is 2.46. The maximum atomic E-state index is 12.0. The molecular formula is C11H20OS2. The molecule has 1 saturated heterocycles. The van der Waals surface area contributed by atoms with Crippen LogP contribution in [0.3, 0.4) is 0 Å². The molecule has 1 aliphatic rings. The fraction of sp³-hybridized carbons (Fsp3) is 0.909. The molecule has 0 unspecified atom stereocenters. The van der Waals surface area contributed by atoms with E-state index in [2.05, 4.69) is 6.92 Å². The molecule has 0 aliphatic carbocycles. The molecule has 3 heteroatoms. The van der Waals surface area contributed by atoms with Crippen molar-refractivity contribution in [3.8, 4) is 0 Å². The van der Waals surface area contributed by atoms with Gasteiger partial charge in [-0.1, -0.05) is 26.7 Å². The monoisotopic (exact) mass is 232 g/mol. The molecule has 0 atom stereocenters. The van der Waals surface area contributed by atoms with Crippen LogP contribution < -0.4 is 0 Å². The van der Waals surface area contributed by atoms with Gasteiger partial charge in [-0.05, 0) is 24.3 Å². The molecule has 0 aromatic carbocycles. The number of hydrogen-bond acceptors (Lipinski definition) is 3. The average Bonchev–Trinajstić information content (AvgIpc) is 2.26. The first-order valence-electron chi connectivity index (χ1n) is 5.56. The number of carbonyl (C=O) groups is 1. The Morgan fingerprint density at radius 1 is 1.29 bits per heavy atom. The fourth-order valence-corrected chi connectivity index (χ4v) is 5.14. The molecule has 0 bridgehead atoms. The molecule has 1 rings (SSSR count). The SMILES string of the molecule is CCCCC1(C(=O)CC)SCCCS1. The van der Waals surface area contributed by atoms with Crippen molar-refractivity contribution in [1.82, 2.24) is 0 Å². The maximum Gasteiger partial charge on any atom is 0.158 e. The number of hydrogen-bond donors (Lipinski definition) is 0. The molecular weight excluding hydrogens is 212 g/mol. The summed E-state index contributed by atoms with van der Waals surface area (Å²) >= 11 is 3.79. The zero-order valence-electron chi connectivity index (χ0n) is 9.17. The number of thioether (sulfide) groups is 2. The van der Waals surface area contributed by atoms with Crippen LogP contribution in [0, 0.1) is 0 Å². The van der Waals surface area contributed by atoms with Crippen LogP contribution in [0.15, 0.2) is 0 Å². The number of unbranched alkanes of at least 4 members (excludes halogenated alkanes) is 1. The summed E-state index contributed by atoms with van der Waals surface area (Å²) in [5.74, 6) is 2.80. The van der Waals surface area contributed by atoms with E-state index in [9.17, 15) is 4.79 Å². The van der Waals surface area contributed by atoms with E-state index >= 15 is 0 Å². The zero-order chi connectivity index (χ0) is 10.4. The molecule has 0 aromatic heterocycles. The minimum Gasteiger partial charge on any atom is -0.297 e. The zero-order valence-corrected chi connectivity index (χ0v) is 10.8. The van der Waals surface area contributed by atoms with Crippen molar-refractivity contribution in [2.75, 3.05) is 11.5 Å². The lowest BCUT2D eigenvalue weighted by Crippen LogP contribution is -2.34. The van der Waals surface area contributed by atoms with Gasteiger partial charge in [-0.3, -0.25) is 4.79 Å². The first-order valence-corrected chi connectivity index (χ1v) is 7.53. The Hall–Kier alpha value is 0.370. The summed E-state index contributed by atoms with van der Waals surface area (Å²) in [5, 5.41) is 0. The van der Waals surface area contributed by atoms with Gasteiger partial charge < -0.3 is 0 Å². The average molecular weight is 232 g/mol. The second-order valence-corrected chi connectivity index (χ2v) is 6.73. The largest absolute Gasteiger partial charge is 0.297 e. The van der Waals surface area contributed by atoms with Crippen LogP contribution in [0.2, 0.25) is 0 Å². The molecule has 0 aromatic rings. The Kier molecular flexibility index (Phi) is 5.39. The number of carbonyl (C=O) groups excluding carboxylic acids is 1. The Bertz CT molecular complexity index is 186. The van der Waals surface area contributed by atoms with Gasteiger partial charge in [0, 0.05) is 6.42 Å². The third-order valence-corrected chi connectivity index (χ3v) is 6.05. The number of rotatable bonds is 5. The second kappa shape index (κ2) is 6.06.